The summed E-state index contributed by atoms with van der Waals surface area (Å²) >= 11 is 0. The molecular formula is C23H26F2N4O4. The van der Waals surface area contributed by atoms with Gasteiger partial charge in [0.15, 0.2) is 11.4 Å². The molecule has 0 aliphatic carbocycles. The molecule has 2 atom stereocenters. The number of rotatable bonds is 5. The van der Waals surface area contributed by atoms with Crippen molar-refractivity contribution in [3.63, 3.8) is 0 Å². The smallest absolute Gasteiger partial charge is 0.275 e. The fourth-order valence-corrected chi connectivity index (χ4v) is 4.56. The molecule has 1 aromatic carbocycles. The minimum atomic E-state index is -0.976. The van der Waals surface area contributed by atoms with Gasteiger partial charge in [-0.2, -0.15) is 0 Å². The number of hydrogen-bond donors (Lipinski definition) is 2. The summed E-state index contributed by atoms with van der Waals surface area (Å²) in [4.78, 5) is 42.3. The van der Waals surface area contributed by atoms with Gasteiger partial charge in [-0.3, -0.25) is 19.3 Å². The fourth-order valence-electron chi connectivity index (χ4n) is 4.56. The van der Waals surface area contributed by atoms with Crippen LogP contribution in [0.15, 0.2) is 29.2 Å². The van der Waals surface area contributed by atoms with Gasteiger partial charge < -0.3 is 19.9 Å². The average molecular weight is 460 g/mol. The average Bonchev–Trinajstić information content (AvgIpc) is 3.05. The van der Waals surface area contributed by atoms with Gasteiger partial charge in [-0.25, -0.2) is 8.78 Å². The number of pyridine rings is 1. The summed E-state index contributed by atoms with van der Waals surface area (Å²) in [6, 6.07) is 3.07. The van der Waals surface area contributed by atoms with E-state index in [0.29, 0.717) is 25.1 Å². The summed E-state index contributed by atoms with van der Waals surface area (Å²) in [7, 11) is 0. The second kappa shape index (κ2) is 8.58. The topological polar surface area (TPSA) is 94.9 Å². The Labute approximate surface area is 189 Å². The maximum atomic E-state index is 13.9. The van der Waals surface area contributed by atoms with Crippen molar-refractivity contribution in [2.75, 3.05) is 13.1 Å². The lowest BCUT2D eigenvalue weighted by atomic mass is 10.1. The highest BCUT2D eigenvalue weighted by Gasteiger charge is 2.45. The zero-order valence-corrected chi connectivity index (χ0v) is 18.6. The first-order valence-corrected chi connectivity index (χ1v) is 10.8. The number of aromatic hydroxyl groups is 1. The van der Waals surface area contributed by atoms with E-state index in [4.69, 9.17) is 0 Å². The monoisotopic (exact) mass is 460 g/mol. The Balaban J connectivity index is 1.62. The van der Waals surface area contributed by atoms with Gasteiger partial charge in [-0.05, 0) is 18.9 Å². The molecule has 3 heterocycles. The van der Waals surface area contributed by atoms with E-state index in [2.05, 4.69) is 24.1 Å². The summed E-state index contributed by atoms with van der Waals surface area (Å²) in [6.45, 7) is 7.46. The first kappa shape index (κ1) is 22.9. The molecule has 2 amide bonds. The molecule has 1 aromatic heterocycles. The highest BCUT2D eigenvalue weighted by molar-refractivity contribution is 5.99. The molecule has 4 rings (SSSR count). The number of amides is 2. The highest BCUT2D eigenvalue weighted by Crippen LogP contribution is 2.31. The van der Waals surface area contributed by atoms with E-state index in [1.807, 2.05) is 6.92 Å². The summed E-state index contributed by atoms with van der Waals surface area (Å²) in [6.07, 6.45) is 1.01. The first-order valence-electron chi connectivity index (χ1n) is 10.8. The lowest BCUT2D eigenvalue weighted by Crippen LogP contribution is -2.51. The van der Waals surface area contributed by atoms with E-state index in [9.17, 15) is 28.3 Å². The van der Waals surface area contributed by atoms with Crippen LogP contribution in [0.2, 0.25) is 0 Å². The lowest BCUT2D eigenvalue weighted by molar-refractivity contribution is 0.0465. The van der Waals surface area contributed by atoms with E-state index in [1.165, 1.54) is 16.8 Å². The summed E-state index contributed by atoms with van der Waals surface area (Å²) in [5, 5.41) is 12.9. The van der Waals surface area contributed by atoms with Gasteiger partial charge in [-0.15, -0.1) is 0 Å². The molecule has 10 heteroatoms. The number of nitrogens with zero attached hydrogens (tertiary/aromatic N) is 3. The van der Waals surface area contributed by atoms with Crippen LogP contribution in [0, 0.1) is 17.6 Å². The van der Waals surface area contributed by atoms with Gasteiger partial charge in [0.05, 0.1) is 6.54 Å². The number of carbonyl (C=O) groups excluding carboxylic acids is 2. The van der Waals surface area contributed by atoms with Gasteiger partial charge in [-0.1, -0.05) is 19.9 Å². The van der Waals surface area contributed by atoms with Crippen molar-refractivity contribution < 1.29 is 23.5 Å². The lowest BCUT2D eigenvalue weighted by Gasteiger charge is -2.37. The third kappa shape index (κ3) is 4.10. The van der Waals surface area contributed by atoms with Crippen LogP contribution in [0.3, 0.4) is 0 Å². The Kier molecular flexibility index (Phi) is 5.96. The predicted molar refractivity (Wildman–Crippen MR) is 116 cm³/mol. The van der Waals surface area contributed by atoms with Crippen molar-refractivity contribution in [3.8, 4) is 5.75 Å². The summed E-state index contributed by atoms with van der Waals surface area (Å²) in [5.74, 6) is -3.27. The molecule has 8 nitrogen and oxygen atoms in total. The van der Waals surface area contributed by atoms with Crippen molar-refractivity contribution >= 4 is 11.8 Å². The van der Waals surface area contributed by atoms with Gasteiger partial charge >= 0.3 is 0 Å². The Bertz CT molecular complexity index is 1180. The van der Waals surface area contributed by atoms with E-state index in [-0.39, 0.29) is 35.6 Å². The molecule has 2 aromatic rings. The second-order valence-electron chi connectivity index (χ2n) is 9.02. The third-order valence-corrected chi connectivity index (χ3v) is 6.12. The summed E-state index contributed by atoms with van der Waals surface area (Å²) in [5.41, 5.74) is -1.43. The van der Waals surface area contributed by atoms with Crippen molar-refractivity contribution in [2.24, 2.45) is 5.92 Å². The zero-order valence-electron chi connectivity index (χ0n) is 18.6. The van der Waals surface area contributed by atoms with E-state index in [1.54, 1.807) is 4.90 Å². The van der Waals surface area contributed by atoms with Crippen molar-refractivity contribution in [1.82, 2.24) is 19.7 Å². The molecule has 2 aliphatic heterocycles. The number of aromatic nitrogens is 1. The molecule has 0 bridgehead atoms. The largest absolute Gasteiger partial charge is 0.503 e. The first-order chi connectivity index (χ1) is 15.6. The molecule has 1 unspecified atom stereocenters. The number of nitrogens with one attached hydrogen (secondary N) is 1. The normalized spacial score (nSPS) is 20.2. The molecule has 2 N–H and O–H groups in total. The van der Waals surface area contributed by atoms with Crippen LogP contribution >= 0.6 is 0 Å². The van der Waals surface area contributed by atoms with Crippen LogP contribution in [0.4, 0.5) is 8.78 Å². The van der Waals surface area contributed by atoms with E-state index < -0.39 is 34.6 Å². The minimum Gasteiger partial charge on any atom is -0.503 e. The summed E-state index contributed by atoms with van der Waals surface area (Å²) < 4.78 is 28.4. The van der Waals surface area contributed by atoms with Crippen LogP contribution in [-0.4, -0.2) is 56.6 Å². The van der Waals surface area contributed by atoms with Gasteiger partial charge in [0.2, 0.25) is 5.43 Å². The Hall–Kier alpha value is -3.27. The minimum absolute atomic E-state index is 0.0436. The number of fused-ring (bicyclic) bond motifs is 2. The van der Waals surface area contributed by atoms with Crippen LogP contribution in [0.25, 0.3) is 0 Å². The molecule has 2 aliphatic rings. The molecule has 1 fully saturated rings. The molecule has 1 saturated heterocycles. The maximum absolute atomic E-state index is 13.9. The Morgan fingerprint density at radius 3 is 2.64 bits per heavy atom. The second-order valence-corrected chi connectivity index (χ2v) is 9.02. The predicted octanol–water partition coefficient (Wildman–Crippen LogP) is 1.90. The van der Waals surface area contributed by atoms with Crippen molar-refractivity contribution in [1.29, 1.82) is 0 Å². The number of hydrogen-bond acceptors (Lipinski definition) is 5. The van der Waals surface area contributed by atoms with Gasteiger partial charge in [0, 0.05) is 43.5 Å². The van der Waals surface area contributed by atoms with Crippen LogP contribution in [0.1, 0.15) is 47.2 Å². The van der Waals surface area contributed by atoms with Crippen LogP contribution in [-0.2, 0) is 13.1 Å². The SMILES string of the molecule is CC(C)CN1C2Cn3cc(C(=O)NCc4ccc(F)cc4F)c(=O)c(O)c3C(=O)N2C[C@@H]1C. The quantitative estimate of drug-likeness (QED) is 0.711. The number of benzene rings is 1. The zero-order chi connectivity index (χ0) is 24.0. The Morgan fingerprint density at radius 1 is 1.24 bits per heavy atom. The van der Waals surface area contributed by atoms with Gasteiger partial charge in [0.1, 0.15) is 23.4 Å². The molecule has 0 saturated carbocycles. The third-order valence-electron chi connectivity index (χ3n) is 6.12. The molecule has 0 spiro atoms. The molecule has 0 radical (unpaired) electrons. The Morgan fingerprint density at radius 2 is 1.97 bits per heavy atom. The molecule has 176 valence electrons. The van der Waals surface area contributed by atoms with Gasteiger partial charge in [0.25, 0.3) is 11.8 Å². The maximum Gasteiger partial charge on any atom is 0.275 e. The van der Waals surface area contributed by atoms with E-state index in [0.717, 1.165) is 12.6 Å². The molecular weight excluding hydrogens is 434 g/mol. The molecule has 33 heavy (non-hydrogen) atoms. The van der Waals surface area contributed by atoms with Crippen LogP contribution < -0.4 is 10.7 Å². The van der Waals surface area contributed by atoms with Crippen LogP contribution in [0.5, 0.6) is 5.75 Å². The fraction of sp³-hybridized carbons (Fsp3) is 0.435. The number of carbonyl (C=O) groups is 2. The van der Waals surface area contributed by atoms with E-state index >= 15 is 0 Å². The highest BCUT2D eigenvalue weighted by atomic mass is 19.1. The number of halogens is 2. The van der Waals surface area contributed by atoms with Crippen molar-refractivity contribution in [2.45, 2.75) is 46.1 Å². The standard InChI is InChI=1S/C23H26F2N4O4/c1-12(2)8-28-13(3)9-29-18(28)11-27-10-16(20(30)21(31)19(27)23(29)33)22(32)26-7-14-4-5-15(24)6-17(14)25/h4-6,10,12-13,18,31H,7-9,11H2,1-3H3,(H,26,32)/t13-,18?/m0/s1. The van der Waals surface area contributed by atoms with Crippen molar-refractivity contribution in [3.05, 3.63) is 63.1 Å².